The van der Waals surface area contributed by atoms with Crippen LogP contribution in [0, 0.1) is 25.5 Å². The van der Waals surface area contributed by atoms with Gasteiger partial charge in [0.2, 0.25) is 0 Å². The summed E-state index contributed by atoms with van der Waals surface area (Å²) in [5.74, 6) is 0.375. The van der Waals surface area contributed by atoms with Crippen molar-refractivity contribution in [3.05, 3.63) is 76.9 Å². The lowest BCUT2D eigenvalue weighted by atomic mass is 10.1. The van der Waals surface area contributed by atoms with Crippen LogP contribution >= 0.6 is 12.6 Å². The number of carbonyl (C=O) groups is 1. The van der Waals surface area contributed by atoms with Crippen LogP contribution in [0.15, 0.2) is 42.9 Å². The maximum atomic E-state index is 15.6. The Bertz CT molecular complexity index is 1520. The molecule has 8 nitrogen and oxygen atoms in total. The number of thiol groups is 1. The van der Waals surface area contributed by atoms with Gasteiger partial charge in [-0.3, -0.25) is 4.68 Å². The molecule has 1 aliphatic rings. The summed E-state index contributed by atoms with van der Waals surface area (Å²) < 4.78 is 33.4. The summed E-state index contributed by atoms with van der Waals surface area (Å²) in [5, 5.41) is 12.8. The molecule has 2 aromatic carbocycles. The van der Waals surface area contributed by atoms with Gasteiger partial charge in [0, 0.05) is 39.2 Å². The number of fused-ring (bicyclic) bond motifs is 2. The number of aryl methyl sites for hydroxylation is 3. The van der Waals surface area contributed by atoms with Crippen LogP contribution < -0.4 is 15.1 Å². The Labute approximate surface area is 232 Å². The predicted octanol–water partition coefficient (Wildman–Crippen LogP) is 4.46. The zero-order chi connectivity index (χ0) is 28.4. The number of nitrogens with zero attached hydrogens (tertiary/aromatic N) is 6. The maximum Gasteiger partial charge on any atom is 0.157 e. The first kappa shape index (κ1) is 28.3. The summed E-state index contributed by atoms with van der Waals surface area (Å²) in [6.07, 6.45) is 4.61. The van der Waals surface area contributed by atoms with Gasteiger partial charge in [0.1, 0.15) is 23.7 Å². The van der Waals surface area contributed by atoms with Crippen LogP contribution in [0.5, 0.6) is 0 Å². The highest BCUT2D eigenvalue weighted by Gasteiger charge is 2.28. The van der Waals surface area contributed by atoms with Crippen LogP contribution in [0.4, 0.5) is 20.3 Å². The van der Waals surface area contributed by atoms with Crippen LogP contribution in [-0.4, -0.2) is 52.2 Å². The van der Waals surface area contributed by atoms with Crippen molar-refractivity contribution in [3.63, 3.8) is 0 Å². The second kappa shape index (κ2) is 11.6. The maximum absolute atomic E-state index is 15.6. The van der Waals surface area contributed by atoms with Crippen molar-refractivity contribution >= 4 is 41.3 Å². The first-order valence-corrected chi connectivity index (χ1v) is 13.4. The van der Waals surface area contributed by atoms with E-state index in [0.29, 0.717) is 46.4 Å². The standard InChI is InChI=1S/C27H29F2N7O.CH4S/c1-16-12-19(13-17(2)25(16)28)36-27(20-14-30-9-8-22(20)32-36)33(4)18(3)35(10-11-37)24-7-6-23-21(26(24)29)15-31-34(23)5;1-2/h6-7,11-13,15,30H,3,8-10,14H2,1-2,4-5H3;2H,1H3. The summed E-state index contributed by atoms with van der Waals surface area (Å²) in [6.45, 7) is 8.98. The highest BCUT2D eigenvalue weighted by atomic mass is 32.1. The normalized spacial score (nSPS) is 12.5. The second-order valence-electron chi connectivity index (χ2n) is 9.33. The Balaban J connectivity index is 0.00000172. The number of rotatable bonds is 7. The molecule has 3 heterocycles. The molecule has 0 aliphatic carbocycles. The van der Waals surface area contributed by atoms with Gasteiger partial charge in [-0.25, -0.2) is 13.5 Å². The summed E-state index contributed by atoms with van der Waals surface area (Å²) in [7, 11) is 3.56. The average molecular weight is 554 g/mol. The van der Waals surface area contributed by atoms with Gasteiger partial charge in [0.25, 0.3) is 0 Å². The summed E-state index contributed by atoms with van der Waals surface area (Å²) in [6, 6.07) is 6.91. The molecule has 11 heteroatoms. The van der Waals surface area contributed by atoms with Gasteiger partial charge in [-0.2, -0.15) is 22.8 Å². The van der Waals surface area contributed by atoms with Crippen molar-refractivity contribution in [1.82, 2.24) is 24.9 Å². The van der Waals surface area contributed by atoms with Gasteiger partial charge >= 0.3 is 0 Å². The molecule has 39 heavy (non-hydrogen) atoms. The molecule has 1 aliphatic heterocycles. The molecule has 2 aromatic heterocycles. The molecule has 0 spiro atoms. The highest BCUT2D eigenvalue weighted by Crippen LogP contribution is 2.35. The molecule has 0 amide bonds. The van der Waals surface area contributed by atoms with Gasteiger partial charge < -0.3 is 19.9 Å². The van der Waals surface area contributed by atoms with Crippen molar-refractivity contribution in [2.75, 3.05) is 36.2 Å². The van der Waals surface area contributed by atoms with Crippen LogP contribution in [0.1, 0.15) is 22.4 Å². The molecule has 4 aromatic rings. The third kappa shape index (κ3) is 5.04. The molecule has 0 radical (unpaired) electrons. The van der Waals surface area contributed by atoms with Gasteiger partial charge in [-0.15, -0.1) is 0 Å². The average Bonchev–Trinajstić information content (AvgIpc) is 3.52. The van der Waals surface area contributed by atoms with Gasteiger partial charge in [-0.05, 0) is 55.5 Å². The van der Waals surface area contributed by atoms with E-state index in [2.05, 4.69) is 29.6 Å². The molecule has 1 N–H and O–H groups in total. The molecule has 0 saturated heterocycles. The number of carbonyl (C=O) groups excluding carboxylic acids is 1. The monoisotopic (exact) mass is 553 g/mol. The molecule has 0 saturated carbocycles. The highest BCUT2D eigenvalue weighted by molar-refractivity contribution is 7.79. The van der Waals surface area contributed by atoms with Gasteiger partial charge in [-0.1, -0.05) is 6.58 Å². The Morgan fingerprint density at radius 1 is 1.21 bits per heavy atom. The zero-order valence-electron chi connectivity index (χ0n) is 22.8. The van der Waals surface area contributed by atoms with E-state index in [4.69, 9.17) is 5.10 Å². The molecular weight excluding hydrogens is 520 g/mol. The van der Waals surface area contributed by atoms with Gasteiger partial charge in [0.05, 0.1) is 40.7 Å². The quantitative estimate of drug-likeness (QED) is 0.260. The number of hydrogen-bond donors (Lipinski definition) is 2. The van der Waals surface area contributed by atoms with E-state index in [0.717, 1.165) is 30.0 Å². The fourth-order valence-corrected chi connectivity index (χ4v) is 4.97. The molecule has 206 valence electrons. The van der Waals surface area contributed by atoms with E-state index in [1.807, 2.05) is 11.9 Å². The van der Waals surface area contributed by atoms with Crippen LogP contribution in [0.25, 0.3) is 16.6 Å². The van der Waals surface area contributed by atoms with E-state index in [1.54, 1.807) is 60.8 Å². The van der Waals surface area contributed by atoms with E-state index in [9.17, 15) is 9.18 Å². The summed E-state index contributed by atoms with van der Waals surface area (Å²) >= 11 is 3.53. The van der Waals surface area contributed by atoms with Gasteiger partial charge in [0.15, 0.2) is 5.82 Å². The predicted molar refractivity (Wildman–Crippen MR) is 155 cm³/mol. The third-order valence-electron chi connectivity index (χ3n) is 6.96. The lowest BCUT2D eigenvalue weighted by Crippen LogP contribution is -2.36. The summed E-state index contributed by atoms with van der Waals surface area (Å²) in [5.41, 5.74) is 4.52. The Hall–Kier alpha value is -3.70. The van der Waals surface area contributed by atoms with Crippen molar-refractivity contribution in [2.45, 2.75) is 26.8 Å². The minimum Gasteiger partial charge on any atom is -0.318 e. The minimum atomic E-state index is -0.482. The topological polar surface area (TPSA) is 71.2 Å². The van der Waals surface area contributed by atoms with E-state index < -0.39 is 5.82 Å². The SMILES string of the molecule is C=C(N(C)c1c2c(nn1-c1cc(C)c(F)c(C)c1)CCNC2)N(CC=O)c1ccc2c(cnn2C)c1F.CS. The van der Waals surface area contributed by atoms with Crippen molar-refractivity contribution < 1.29 is 13.6 Å². The number of anilines is 2. The van der Waals surface area contributed by atoms with E-state index in [-0.39, 0.29) is 18.0 Å². The lowest BCUT2D eigenvalue weighted by Gasteiger charge is -2.33. The number of aromatic nitrogens is 4. The van der Waals surface area contributed by atoms with Crippen LogP contribution in [0.2, 0.25) is 0 Å². The first-order valence-electron chi connectivity index (χ1n) is 12.5. The lowest BCUT2D eigenvalue weighted by molar-refractivity contribution is -0.106. The molecule has 5 rings (SSSR count). The Morgan fingerprint density at radius 2 is 1.90 bits per heavy atom. The van der Waals surface area contributed by atoms with Crippen molar-refractivity contribution in [3.8, 4) is 5.69 Å². The summed E-state index contributed by atoms with van der Waals surface area (Å²) in [4.78, 5) is 15.1. The molecule has 0 fully saturated rings. The fourth-order valence-electron chi connectivity index (χ4n) is 4.97. The minimum absolute atomic E-state index is 0.102. The van der Waals surface area contributed by atoms with Crippen molar-refractivity contribution in [1.29, 1.82) is 0 Å². The fraction of sp³-hybridized carbons (Fsp3) is 0.321. The number of aldehydes is 1. The molecule has 0 unspecified atom stereocenters. The number of hydrogen-bond acceptors (Lipinski definition) is 7. The third-order valence-corrected chi connectivity index (χ3v) is 6.96. The number of halogens is 2. The number of nitrogens with one attached hydrogen (secondary N) is 1. The van der Waals surface area contributed by atoms with E-state index in [1.165, 1.54) is 11.1 Å². The number of benzene rings is 2. The molecular formula is C28H33F2N7OS. The Kier molecular flexibility index (Phi) is 8.41. The van der Waals surface area contributed by atoms with Crippen molar-refractivity contribution in [2.24, 2.45) is 7.05 Å². The zero-order valence-corrected chi connectivity index (χ0v) is 23.7. The first-order chi connectivity index (χ1) is 18.7. The largest absolute Gasteiger partial charge is 0.318 e. The second-order valence-corrected chi connectivity index (χ2v) is 9.33. The van der Waals surface area contributed by atoms with Crippen LogP contribution in [0.3, 0.4) is 0 Å². The Morgan fingerprint density at radius 3 is 2.56 bits per heavy atom. The smallest absolute Gasteiger partial charge is 0.157 e. The molecule has 0 atom stereocenters. The van der Waals surface area contributed by atoms with Crippen LogP contribution in [-0.2, 0) is 24.8 Å². The molecule has 0 bridgehead atoms. The van der Waals surface area contributed by atoms with E-state index >= 15 is 4.39 Å².